The average Bonchev–Trinajstić information content (AvgIpc) is 3.24. The topological polar surface area (TPSA) is 75.5 Å². The number of hydrogen-bond acceptors (Lipinski definition) is 5. The van der Waals surface area contributed by atoms with E-state index in [0.29, 0.717) is 43.4 Å². The number of carbonyl (C=O) groups is 1. The molecule has 9 heteroatoms. The molecule has 0 aliphatic carbocycles. The van der Waals surface area contributed by atoms with Crippen molar-refractivity contribution in [1.29, 1.82) is 0 Å². The highest BCUT2D eigenvalue weighted by atomic mass is 32.2. The Balaban J connectivity index is 1.52. The van der Waals surface area contributed by atoms with Gasteiger partial charge in [-0.3, -0.25) is 9.48 Å². The number of hydrogen-bond donors (Lipinski definition) is 0. The van der Waals surface area contributed by atoms with Gasteiger partial charge in [-0.1, -0.05) is 6.07 Å². The maximum atomic E-state index is 12.5. The van der Waals surface area contributed by atoms with Gasteiger partial charge in [-0.05, 0) is 24.4 Å². The Morgan fingerprint density at radius 2 is 2.00 bits per heavy atom. The summed E-state index contributed by atoms with van der Waals surface area (Å²) in [6.45, 7) is 3.99. The van der Waals surface area contributed by atoms with E-state index < -0.39 is 10.0 Å². The number of aromatic nitrogens is 2. The molecular formula is C15H20N4O3S2. The van der Waals surface area contributed by atoms with Crippen molar-refractivity contribution in [2.45, 2.75) is 24.1 Å². The first-order valence-corrected chi connectivity index (χ1v) is 10.1. The first-order chi connectivity index (χ1) is 11.5. The van der Waals surface area contributed by atoms with Gasteiger partial charge in [0.15, 0.2) is 0 Å². The Kier molecular flexibility index (Phi) is 5.02. The molecule has 7 nitrogen and oxygen atoms in total. The molecule has 0 spiro atoms. The standard InChI is InChI=1S/C15H20N4O3S2/c1-13-4-6-18(16-13)7-5-14(20)17-8-10-19(11-9-17)24(21,22)15-3-2-12-23-15/h2-4,6,12H,5,7-11H2,1H3. The van der Waals surface area contributed by atoms with Crippen LogP contribution in [0.4, 0.5) is 0 Å². The van der Waals surface area contributed by atoms with Gasteiger partial charge < -0.3 is 4.90 Å². The predicted molar refractivity (Wildman–Crippen MR) is 91.2 cm³/mol. The third-order valence-electron chi connectivity index (χ3n) is 4.01. The van der Waals surface area contributed by atoms with E-state index in [4.69, 9.17) is 0 Å². The van der Waals surface area contributed by atoms with Crippen LogP contribution in [0.5, 0.6) is 0 Å². The zero-order valence-corrected chi connectivity index (χ0v) is 15.1. The van der Waals surface area contributed by atoms with Crippen molar-refractivity contribution in [3.8, 4) is 0 Å². The van der Waals surface area contributed by atoms with Crippen LogP contribution in [0.15, 0.2) is 34.0 Å². The minimum absolute atomic E-state index is 0.0383. The normalized spacial score (nSPS) is 16.5. The van der Waals surface area contributed by atoms with Crippen molar-refractivity contribution >= 4 is 27.3 Å². The van der Waals surface area contributed by atoms with E-state index in [-0.39, 0.29) is 5.91 Å². The summed E-state index contributed by atoms with van der Waals surface area (Å²) in [4.78, 5) is 14.0. The lowest BCUT2D eigenvalue weighted by Crippen LogP contribution is -2.50. The molecule has 0 saturated carbocycles. The van der Waals surface area contributed by atoms with E-state index in [0.717, 1.165) is 5.69 Å². The third-order valence-corrected chi connectivity index (χ3v) is 7.28. The van der Waals surface area contributed by atoms with E-state index in [1.807, 2.05) is 19.2 Å². The summed E-state index contributed by atoms with van der Waals surface area (Å²) in [5.41, 5.74) is 0.926. The van der Waals surface area contributed by atoms with Crippen LogP contribution in [0.1, 0.15) is 12.1 Å². The Morgan fingerprint density at radius 1 is 1.25 bits per heavy atom. The number of thiophene rings is 1. The Morgan fingerprint density at radius 3 is 2.58 bits per heavy atom. The summed E-state index contributed by atoms with van der Waals surface area (Å²) >= 11 is 1.22. The summed E-state index contributed by atoms with van der Waals surface area (Å²) in [5.74, 6) is 0.0383. The monoisotopic (exact) mass is 368 g/mol. The fourth-order valence-corrected chi connectivity index (χ4v) is 5.24. The molecule has 3 rings (SSSR count). The predicted octanol–water partition coefficient (Wildman–Crippen LogP) is 1.18. The number of aryl methyl sites for hydroxylation is 2. The molecule has 0 aromatic carbocycles. The molecule has 24 heavy (non-hydrogen) atoms. The van der Waals surface area contributed by atoms with Crippen molar-refractivity contribution in [2.75, 3.05) is 26.2 Å². The van der Waals surface area contributed by atoms with Crippen molar-refractivity contribution in [1.82, 2.24) is 19.0 Å². The molecule has 1 fully saturated rings. The lowest BCUT2D eigenvalue weighted by atomic mass is 10.3. The quantitative estimate of drug-likeness (QED) is 0.794. The highest BCUT2D eigenvalue weighted by Gasteiger charge is 2.30. The van der Waals surface area contributed by atoms with Gasteiger partial charge in [-0.15, -0.1) is 11.3 Å². The number of rotatable bonds is 5. The third kappa shape index (κ3) is 3.68. The van der Waals surface area contributed by atoms with Crippen molar-refractivity contribution < 1.29 is 13.2 Å². The first-order valence-electron chi connectivity index (χ1n) is 7.78. The van der Waals surface area contributed by atoms with Gasteiger partial charge in [0, 0.05) is 45.3 Å². The Labute approximate surface area is 145 Å². The zero-order valence-electron chi connectivity index (χ0n) is 13.5. The minimum atomic E-state index is -3.42. The molecule has 2 aromatic rings. The van der Waals surface area contributed by atoms with Gasteiger partial charge in [-0.2, -0.15) is 9.40 Å². The second kappa shape index (κ2) is 7.04. The van der Waals surface area contributed by atoms with Crippen LogP contribution in [0.3, 0.4) is 0 Å². The molecule has 1 aliphatic heterocycles. The molecule has 0 radical (unpaired) electrons. The second-order valence-corrected chi connectivity index (χ2v) is 8.80. The number of carbonyl (C=O) groups excluding carboxylic acids is 1. The summed E-state index contributed by atoms with van der Waals surface area (Å²) in [5, 5.41) is 6.01. The lowest BCUT2D eigenvalue weighted by Gasteiger charge is -2.33. The number of amides is 1. The zero-order chi connectivity index (χ0) is 17.2. The summed E-state index contributed by atoms with van der Waals surface area (Å²) < 4.78 is 28.5. The molecular weight excluding hydrogens is 348 g/mol. The SMILES string of the molecule is Cc1ccn(CCC(=O)N2CCN(S(=O)(=O)c3cccs3)CC2)n1. The summed E-state index contributed by atoms with van der Waals surface area (Å²) in [6, 6.07) is 5.25. The number of piperazine rings is 1. The van der Waals surface area contributed by atoms with Crippen LogP contribution in [-0.2, 0) is 21.4 Å². The minimum Gasteiger partial charge on any atom is -0.340 e. The van der Waals surface area contributed by atoms with Crippen LogP contribution < -0.4 is 0 Å². The number of nitrogens with zero attached hydrogens (tertiary/aromatic N) is 4. The van der Waals surface area contributed by atoms with Gasteiger partial charge >= 0.3 is 0 Å². The van der Waals surface area contributed by atoms with E-state index in [2.05, 4.69) is 5.10 Å². The summed E-state index contributed by atoms with van der Waals surface area (Å²) in [7, 11) is -3.42. The van der Waals surface area contributed by atoms with Crippen molar-refractivity contribution in [3.63, 3.8) is 0 Å². The molecule has 1 aliphatic rings. The van der Waals surface area contributed by atoms with Gasteiger partial charge in [0.05, 0.1) is 5.69 Å². The highest BCUT2D eigenvalue weighted by Crippen LogP contribution is 2.22. The van der Waals surface area contributed by atoms with E-state index in [1.54, 1.807) is 27.1 Å². The van der Waals surface area contributed by atoms with Gasteiger partial charge in [-0.25, -0.2) is 8.42 Å². The van der Waals surface area contributed by atoms with Crippen LogP contribution in [0.2, 0.25) is 0 Å². The second-order valence-electron chi connectivity index (χ2n) is 5.69. The molecule has 0 atom stereocenters. The molecule has 130 valence electrons. The first kappa shape index (κ1) is 17.1. The molecule has 1 amide bonds. The molecule has 0 bridgehead atoms. The molecule has 0 N–H and O–H groups in total. The fourth-order valence-electron chi connectivity index (χ4n) is 2.67. The molecule has 0 unspecified atom stereocenters. The highest BCUT2D eigenvalue weighted by molar-refractivity contribution is 7.91. The molecule has 1 saturated heterocycles. The fraction of sp³-hybridized carbons (Fsp3) is 0.467. The van der Waals surface area contributed by atoms with E-state index in [1.165, 1.54) is 15.6 Å². The smallest absolute Gasteiger partial charge is 0.252 e. The van der Waals surface area contributed by atoms with Gasteiger partial charge in [0.25, 0.3) is 10.0 Å². The van der Waals surface area contributed by atoms with Crippen molar-refractivity contribution in [2.24, 2.45) is 0 Å². The molecule has 2 aromatic heterocycles. The average molecular weight is 368 g/mol. The maximum absolute atomic E-state index is 12.5. The Bertz CT molecular complexity index is 791. The van der Waals surface area contributed by atoms with Crippen LogP contribution >= 0.6 is 11.3 Å². The van der Waals surface area contributed by atoms with Crippen molar-refractivity contribution in [3.05, 3.63) is 35.5 Å². The van der Waals surface area contributed by atoms with E-state index >= 15 is 0 Å². The molecule has 3 heterocycles. The van der Waals surface area contributed by atoms with Crippen LogP contribution in [-0.4, -0.2) is 59.5 Å². The van der Waals surface area contributed by atoms with E-state index in [9.17, 15) is 13.2 Å². The Hall–Kier alpha value is -1.71. The van der Waals surface area contributed by atoms with Crippen LogP contribution in [0.25, 0.3) is 0 Å². The largest absolute Gasteiger partial charge is 0.340 e. The maximum Gasteiger partial charge on any atom is 0.252 e. The van der Waals surface area contributed by atoms with Crippen LogP contribution in [0, 0.1) is 6.92 Å². The van der Waals surface area contributed by atoms with Gasteiger partial charge in [0.2, 0.25) is 5.91 Å². The summed E-state index contributed by atoms with van der Waals surface area (Å²) in [6.07, 6.45) is 2.23. The lowest BCUT2D eigenvalue weighted by molar-refractivity contribution is -0.132. The van der Waals surface area contributed by atoms with Gasteiger partial charge in [0.1, 0.15) is 4.21 Å². The number of sulfonamides is 1.